The Balaban J connectivity index is 0.000000236. The molecule has 0 N–H and O–H groups in total. The second-order valence-corrected chi connectivity index (χ2v) is 9.93. The maximum absolute atomic E-state index is 12.1. The number of amides is 2. The van der Waals surface area contributed by atoms with Gasteiger partial charge in [0, 0.05) is 13.1 Å². The molecule has 10 nitrogen and oxygen atoms in total. The highest BCUT2D eigenvalue weighted by Crippen LogP contribution is 2.23. The van der Waals surface area contributed by atoms with Crippen LogP contribution in [0, 0.1) is 0 Å². The molecule has 0 spiro atoms. The van der Waals surface area contributed by atoms with Crippen LogP contribution in [0.2, 0.25) is 0 Å². The van der Waals surface area contributed by atoms with Crippen LogP contribution in [0.15, 0.2) is 83.0 Å². The van der Waals surface area contributed by atoms with Crippen LogP contribution in [0.25, 0.3) is 0 Å². The van der Waals surface area contributed by atoms with Crippen molar-refractivity contribution in [1.29, 1.82) is 0 Å². The molecule has 10 heteroatoms. The van der Waals surface area contributed by atoms with E-state index in [2.05, 4.69) is 0 Å². The Labute approximate surface area is 252 Å². The van der Waals surface area contributed by atoms with Crippen molar-refractivity contribution < 1.29 is 38.1 Å². The lowest BCUT2D eigenvalue weighted by atomic mass is 10.1. The molecule has 0 radical (unpaired) electrons. The van der Waals surface area contributed by atoms with E-state index < -0.39 is 12.2 Å². The Morgan fingerprint density at radius 1 is 0.605 bits per heavy atom. The van der Waals surface area contributed by atoms with Gasteiger partial charge in [0.15, 0.2) is 0 Å². The fraction of sp³-hybridized carbons (Fsp3) is 0.394. The summed E-state index contributed by atoms with van der Waals surface area (Å²) in [6.07, 6.45) is -0.108. The van der Waals surface area contributed by atoms with Crippen LogP contribution in [-0.2, 0) is 41.8 Å². The van der Waals surface area contributed by atoms with Gasteiger partial charge in [-0.3, -0.25) is 9.80 Å². The maximum atomic E-state index is 12.1. The molecule has 2 amide bonds. The molecule has 2 aliphatic heterocycles. The first kappa shape index (κ1) is 32.9. The van der Waals surface area contributed by atoms with Crippen LogP contribution in [0.1, 0.15) is 45.2 Å². The van der Waals surface area contributed by atoms with Crippen molar-refractivity contribution in [2.45, 2.75) is 47.3 Å². The molecule has 0 aromatic heterocycles. The quantitative estimate of drug-likeness (QED) is 0.280. The van der Waals surface area contributed by atoms with Gasteiger partial charge in [-0.05, 0) is 49.5 Å². The monoisotopic (exact) mass is 592 g/mol. The number of ether oxygens (including phenoxy) is 4. The first-order valence-electron chi connectivity index (χ1n) is 14.4. The van der Waals surface area contributed by atoms with Gasteiger partial charge in [0.1, 0.15) is 13.2 Å². The smallest absolute Gasteiger partial charge is 0.410 e. The Bertz CT molecular complexity index is 1320. The molecule has 0 unspecified atom stereocenters. The second-order valence-electron chi connectivity index (χ2n) is 9.93. The normalized spacial score (nSPS) is 14.2. The van der Waals surface area contributed by atoms with Gasteiger partial charge < -0.3 is 18.9 Å². The van der Waals surface area contributed by atoms with E-state index in [1.807, 2.05) is 74.5 Å². The van der Waals surface area contributed by atoms with Crippen LogP contribution >= 0.6 is 0 Å². The van der Waals surface area contributed by atoms with E-state index in [1.165, 1.54) is 9.80 Å². The molecule has 0 atom stereocenters. The lowest BCUT2D eigenvalue weighted by molar-refractivity contribution is -0.139. The van der Waals surface area contributed by atoms with Gasteiger partial charge >= 0.3 is 24.1 Å². The third-order valence-corrected chi connectivity index (χ3v) is 6.85. The maximum Gasteiger partial charge on any atom is 0.410 e. The number of hydrogen-bond donors (Lipinski definition) is 0. The molecule has 43 heavy (non-hydrogen) atoms. The summed E-state index contributed by atoms with van der Waals surface area (Å²) in [5.41, 5.74) is 4.79. The number of esters is 2. The van der Waals surface area contributed by atoms with Gasteiger partial charge in [-0.15, -0.1) is 0 Å². The van der Waals surface area contributed by atoms with Gasteiger partial charge in [-0.25, -0.2) is 19.2 Å². The molecule has 0 aliphatic carbocycles. The highest BCUT2D eigenvalue weighted by Gasteiger charge is 2.31. The van der Waals surface area contributed by atoms with E-state index in [0.717, 1.165) is 28.7 Å². The van der Waals surface area contributed by atoms with Crippen LogP contribution < -0.4 is 0 Å². The van der Waals surface area contributed by atoms with E-state index >= 15 is 0 Å². The molecule has 2 aromatic rings. The number of carbonyl (C=O) groups excluding carboxylic acids is 4. The van der Waals surface area contributed by atoms with E-state index in [0.29, 0.717) is 37.4 Å². The standard InChI is InChI=1S/C17H21NO4.C16H19NO4/c1-3-14-10-18(11-15(14)16(19)21-4-2)17(20)22-12-13-8-6-5-7-9-13;1-3-20-15(18)14-10-17(9-12(14)2)16(19)21-11-13-7-5-4-6-8-13/h5-9H,3-4,10-12H2,1-2H3;4-8H,3,9-11H2,1-2H3. The van der Waals surface area contributed by atoms with Crippen molar-refractivity contribution in [3.8, 4) is 0 Å². The Morgan fingerprint density at radius 2 is 1.05 bits per heavy atom. The number of rotatable bonds is 9. The van der Waals surface area contributed by atoms with Gasteiger partial charge in [-0.2, -0.15) is 0 Å². The molecule has 0 fully saturated rings. The van der Waals surface area contributed by atoms with E-state index in [9.17, 15) is 19.2 Å². The molecule has 2 heterocycles. The van der Waals surface area contributed by atoms with Crippen LogP contribution in [0.5, 0.6) is 0 Å². The third-order valence-electron chi connectivity index (χ3n) is 6.85. The first-order chi connectivity index (χ1) is 20.8. The fourth-order valence-electron chi connectivity index (χ4n) is 4.54. The van der Waals surface area contributed by atoms with Crippen molar-refractivity contribution in [1.82, 2.24) is 9.80 Å². The zero-order chi connectivity index (χ0) is 31.2. The lowest BCUT2D eigenvalue weighted by Crippen LogP contribution is -2.30. The highest BCUT2D eigenvalue weighted by atomic mass is 16.6. The summed E-state index contributed by atoms with van der Waals surface area (Å²) in [6, 6.07) is 19.0. The first-order valence-corrected chi connectivity index (χ1v) is 14.4. The summed E-state index contributed by atoms with van der Waals surface area (Å²) in [4.78, 5) is 50.8. The number of benzene rings is 2. The molecule has 0 saturated heterocycles. The van der Waals surface area contributed by atoms with Crippen LogP contribution in [0.4, 0.5) is 9.59 Å². The van der Waals surface area contributed by atoms with E-state index in [-0.39, 0.29) is 38.2 Å². The van der Waals surface area contributed by atoms with Gasteiger partial charge in [-0.1, -0.05) is 67.6 Å². The summed E-state index contributed by atoms with van der Waals surface area (Å²) in [7, 11) is 0. The van der Waals surface area contributed by atoms with Crippen molar-refractivity contribution in [2.24, 2.45) is 0 Å². The molecule has 0 bridgehead atoms. The highest BCUT2D eigenvalue weighted by molar-refractivity contribution is 5.92. The van der Waals surface area contributed by atoms with Crippen molar-refractivity contribution >= 4 is 24.1 Å². The van der Waals surface area contributed by atoms with Gasteiger partial charge in [0.2, 0.25) is 0 Å². The third kappa shape index (κ3) is 9.73. The molecule has 4 rings (SSSR count). The van der Waals surface area contributed by atoms with Crippen LogP contribution in [-0.4, -0.2) is 73.3 Å². The minimum Gasteiger partial charge on any atom is -0.463 e. The summed E-state index contributed by atoms with van der Waals surface area (Å²) < 4.78 is 20.6. The van der Waals surface area contributed by atoms with E-state index in [1.54, 1.807) is 13.8 Å². The number of carbonyl (C=O) groups is 4. The topological polar surface area (TPSA) is 112 Å². The molecular weight excluding hydrogens is 552 g/mol. The molecular formula is C33H40N2O8. The minimum atomic E-state index is -0.419. The predicted octanol–water partition coefficient (Wildman–Crippen LogP) is 5.43. The van der Waals surface area contributed by atoms with Gasteiger partial charge in [0.25, 0.3) is 0 Å². The van der Waals surface area contributed by atoms with E-state index in [4.69, 9.17) is 18.9 Å². The van der Waals surface area contributed by atoms with Crippen molar-refractivity contribution in [2.75, 3.05) is 39.4 Å². The lowest BCUT2D eigenvalue weighted by Gasteiger charge is -2.16. The molecule has 230 valence electrons. The summed E-state index contributed by atoms with van der Waals surface area (Å²) >= 11 is 0. The number of hydrogen-bond acceptors (Lipinski definition) is 8. The van der Waals surface area contributed by atoms with Gasteiger partial charge in [0.05, 0.1) is 37.4 Å². The minimum absolute atomic E-state index is 0.226. The largest absolute Gasteiger partial charge is 0.463 e. The molecule has 2 aromatic carbocycles. The van der Waals surface area contributed by atoms with Crippen molar-refractivity contribution in [3.05, 3.63) is 94.1 Å². The average Bonchev–Trinajstić information content (AvgIpc) is 3.64. The predicted molar refractivity (Wildman–Crippen MR) is 160 cm³/mol. The molecule has 0 saturated carbocycles. The average molecular weight is 593 g/mol. The van der Waals surface area contributed by atoms with Crippen molar-refractivity contribution in [3.63, 3.8) is 0 Å². The fourth-order valence-corrected chi connectivity index (χ4v) is 4.54. The second kappa shape index (κ2) is 16.7. The Hall–Kier alpha value is -4.60. The Morgan fingerprint density at radius 3 is 1.51 bits per heavy atom. The SMILES string of the molecule is CCOC(=O)C1=C(C)CN(C(=O)OCc2ccccc2)C1.CCOC(=O)C1=C(CC)CN(C(=O)OCc2ccccc2)C1. The summed E-state index contributed by atoms with van der Waals surface area (Å²) in [5, 5.41) is 0. The summed E-state index contributed by atoms with van der Waals surface area (Å²) in [6.45, 7) is 9.78. The zero-order valence-electron chi connectivity index (χ0n) is 25.3. The van der Waals surface area contributed by atoms with Crippen LogP contribution in [0.3, 0.4) is 0 Å². The molecule has 2 aliphatic rings. The Kier molecular flexibility index (Phi) is 12.8. The zero-order valence-corrected chi connectivity index (χ0v) is 25.3. The number of nitrogens with zero attached hydrogens (tertiary/aromatic N) is 2. The summed E-state index contributed by atoms with van der Waals surface area (Å²) in [5.74, 6) is -0.689.